The van der Waals surface area contributed by atoms with E-state index >= 15 is 0 Å². The largest absolute Gasteiger partial charge is 0.383 e. The second-order valence-corrected chi connectivity index (χ2v) is 8.64. The lowest BCUT2D eigenvalue weighted by molar-refractivity contribution is 0.0940. The molecule has 0 unspecified atom stereocenters. The molecule has 3 N–H and O–H groups in total. The van der Waals surface area contributed by atoms with Crippen LogP contribution < -0.4 is 16.0 Å². The van der Waals surface area contributed by atoms with E-state index in [0.29, 0.717) is 22.2 Å². The SMILES string of the molecule is CN(C)c1ccc(/C=N/n2c(N)c(C(=O)NC3CCCC3)c3nc4ccccc4nc32)cc1. The molecule has 2 aromatic heterocycles. The van der Waals surface area contributed by atoms with E-state index in [1.165, 1.54) is 4.68 Å². The summed E-state index contributed by atoms with van der Waals surface area (Å²) in [6.07, 6.45) is 5.94. The molecule has 1 fully saturated rings. The van der Waals surface area contributed by atoms with Gasteiger partial charge in [0.2, 0.25) is 0 Å². The van der Waals surface area contributed by atoms with Crippen molar-refractivity contribution in [3.8, 4) is 0 Å². The molecule has 0 atom stereocenters. The zero-order chi connectivity index (χ0) is 22.9. The van der Waals surface area contributed by atoms with Crippen LogP contribution in [0.1, 0.15) is 41.6 Å². The molecule has 33 heavy (non-hydrogen) atoms. The van der Waals surface area contributed by atoms with Crippen molar-refractivity contribution in [2.75, 3.05) is 24.7 Å². The number of fused-ring (bicyclic) bond motifs is 2. The van der Waals surface area contributed by atoms with Crippen molar-refractivity contribution in [3.05, 3.63) is 59.7 Å². The van der Waals surface area contributed by atoms with Crippen LogP contribution in [0.2, 0.25) is 0 Å². The summed E-state index contributed by atoms with van der Waals surface area (Å²) in [5, 5.41) is 7.71. The fourth-order valence-electron chi connectivity index (χ4n) is 4.30. The van der Waals surface area contributed by atoms with Crippen molar-refractivity contribution in [3.63, 3.8) is 0 Å². The lowest BCUT2D eigenvalue weighted by Crippen LogP contribution is -2.33. The second-order valence-electron chi connectivity index (χ2n) is 8.64. The van der Waals surface area contributed by atoms with E-state index in [-0.39, 0.29) is 17.8 Å². The molecule has 0 spiro atoms. The first kappa shape index (κ1) is 20.9. The summed E-state index contributed by atoms with van der Waals surface area (Å²) in [4.78, 5) is 24.7. The molecule has 8 nitrogen and oxygen atoms in total. The van der Waals surface area contributed by atoms with E-state index in [9.17, 15) is 4.79 Å². The van der Waals surface area contributed by atoms with Crippen molar-refractivity contribution >= 4 is 45.8 Å². The Bertz CT molecular complexity index is 1350. The van der Waals surface area contributed by atoms with Crippen molar-refractivity contribution in [2.45, 2.75) is 31.7 Å². The number of rotatable bonds is 5. The maximum absolute atomic E-state index is 13.2. The van der Waals surface area contributed by atoms with Crippen LogP contribution in [0, 0.1) is 0 Å². The normalized spacial score (nSPS) is 14.5. The first-order valence-corrected chi connectivity index (χ1v) is 11.2. The van der Waals surface area contributed by atoms with E-state index in [2.05, 4.69) is 10.4 Å². The van der Waals surface area contributed by atoms with Gasteiger partial charge in [0.15, 0.2) is 5.65 Å². The first-order chi connectivity index (χ1) is 16.0. The highest BCUT2D eigenvalue weighted by atomic mass is 16.1. The molecule has 168 valence electrons. The highest BCUT2D eigenvalue weighted by molar-refractivity contribution is 6.10. The maximum Gasteiger partial charge on any atom is 0.257 e. The number of nitrogen functional groups attached to an aromatic ring is 1. The van der Waals surface area contributed by atoms with Crippen LogP contribution in [0.4, 0.5) is 11.5 Å². The Labute approximate surface area is 192 Å². The third-order valence-corrected chi connectivity index (χ3v) is 6.12. The van der Waals surface area contributed by atoms with Crippen LogP contribution >= 0.6 is 0 Å². The number of amides is 1. The standard InChI is InChI=1S/C25H27N7O/c1-31(2)18-13-11-16(12-14-18)15-27-32-23(26)21(25(33)28-17-7-3-4-8-17)22-24(32)30-20-10-6-5-9-19(20)29-22/h5-6,9-15,17H,3-4,7-8,26H2,1-2H3,(H,28,33)/b27-15+. The molecule has 8 heteroatoms. The van der Waals surface area contributed by atoms with Crippen LogP contribution in [0.5, 0.6) is 0 Å². The molecule has 0 radical (unpaired) electrons. The van der Waals surface area contributed by atoms with Crippen molar-refractivity contribution in [1.29, 1.82) is 0 Å². The van der Waals surface area contributed by atoms with E-state index in [0.717, 1.165) is 42.5 Å². The van der Waals surface area contributed by atoms with E-state index in [1.54, 1.807) is 6.21 Å². The molecule has 1 saturated carbocycles. The zero-order valence-corrected chi connectivity index (χ0v) is 18.8. The van der Waals surface area contributed by atoms with Crippen LogP contribution in [-0.4, -0.2) is 46.9 Å². The van der Waals surface area contributed by atoms with Crippen LogP contribution in [0.3, 0.4) is 0 Å². The Morgan fingerprint density at radius 1 is 1.09 bits per heavy atom. The minimum atomic E-state index is -0.224. The molecule has 2 aromatic carbocycles. The average molecular weight is 442 g/mol. The Morgan fingerprint density at radius 2 is 1.76 bits per heavy atom. The number of nitrogens with one attached hydrogen (secondary N) is 1. The van der Waals surface area contributed by atoms with E-state index in [4.69, 9.17) is 15.7 Å². The topological polar surface area (TPSA) is 101 Å². The molecular formula is C25H27N7O. The highest BCUT2D eigenvalue weighted by Crippen LogP contribution is 2.28. The van der Waals surface area contributed by atoms with Crippen LogP contribution in [-0.2, 0) is 0 Å². The Kier molecular flexibility index (Phi) is 5.42. The number of carbonyl (C=O) groups is 1. The summed E-state index contributed by atoms with van der Waals surface area (Å²) in [6, 6.07) is 15.7. The number of benzene rings is 2. The lowest BCUT2D eigenvalue weighted by Gasteiger charge is -2.12. The van der Waals surface area contributed by atoms with Gasteiger partial charge in [0.1, 0.15) is 16.9 Å². The molecule has 1 aliphatic rings. The summed E-state index contributed by atoms with van der Waals surface area (Å²) in [6.45, 7) is 0. The highest BCUT2D eigenvalue weighted by Gasteiger charge is 2.26. The number of para-hydroxylation sites is 2. The summed E-state index contributed by atoms with van der Waals surface area (Å²) >= 11 is 0. The maximum atomic E-state index is 13.2. The van der Waals surface area contributed by atoms with Gasteiger partial charge in [-0.3, -0.25) is 4.79 Å². The monoisotopic (exact) mass is 441 g/mol. The quantitative estimate of drug-likeness (QED) is 0.459. The van der Waals surface area contributed by atoms with Crippen molar-refractivity contribution < 1.29 is 4.79 Å². The third kappa shape index (κ3) is 4.00. The average Bonchev–Trinajstić information content (AvgIpc) is 3.41. The van der Waals surface area contributed by atoms with Gasteiger partial charge in [-0.25, -0.2) is 9.97 Å². The number of aromatic nitrogens is 3. The predicted molar refractivity (Wildman–Crippen MR) is 133 cm³/mol. The molecule has 4 aromatic rings. The van der Waals surface area contributed by atoms with Gasteiger partial charge >= 0.3 is 0 Å². The Hall–Kier alpha value is -3.94. The van der Waals surface area contributed by atoms with Gasteiger partial charge in [0, 0.05) is 25.8 Å². The number of hydrogen-bond donors (Lipinski definition) is 2. The number of nitrogens with two attached hydrogens (primary N) is 1. The third-order valence-electron chi connectivity index (χ3n) is 6.12. The number of nitrogens with zero attached hydrogens (tertiary/aromatic N) is 5. The summed E-state index contributed by atoms with van der Waals surface area (Å²) < 4.78 is 1.51. The molecule has 1 amide bonds. The first-order valence-electron chi connectivity index (χ1n) is 11.2. The molecule has 0 saturated heterocycles. The van der Waals surface area contributed by atoms with Gasteiger partial charge in [-0.15, -0.1) is 0 Å². The van der Waals surface area contributed by atoms with Gasteiger partial charge < -0.3 is 16.0 Å². The summed E-state index contributed by atoms with van der Waals surface area (Å²) in [5.74, 6) is 0.00947. The summed E-state index contributed by atoms with van der Waals surface area (Å²) in [7, 11) is 3.99. The molecule has 1 aliphatic carbocycles. The van der Waals surface area contributed by atoms with Gasteiger partial charge in [-0.1, -0.05) is 37.1 Å². The predicted octanol–water partition coefficient (Wildman–Crippen LogP) is 3.79. The Balaban J connectivity index is 1.60. The molecular weight excluding hydrogens is 414 g/mol. The number of anilines is 2. The molecule has 5 rings (SSSR count). The second kappa shape index (κ2) is 8.54. The molecule has 0 aliphatic heterocycles. The van der Waals surface area contributed by atoms with Gasteiger partial charge in [0.25, 0.3) is 5.91 Å². The summed E-state index contributed by atoms with van der Waals surface area (Å²) in [5.41, 5.74) is 11.2. The minimum Gasteiger partial charge on any atom is -0.383 e. The smallest absolute Gasteiger partial charge is 0.257 e. The zero-order valence-electron chi connectivity index (χ0n) is 18.8. The van der Waals surface area contributed by atoms with Gasteiger partial charge in [0.05, 0.1) is 17.2 Å². The molecule has 0 bridgehead atoms. The van der Waals surface area contributed by atoms with Gasteiger partial charge in [-0.05, 0) is 42.7 Å². The number of hydrogen-bond acceptors (Lipinski definition) is 6. The lowest BCUT2D eigenvalue weighted by atomic mass is 10.2. The van der Waals surface area contributed by atoms with Gasteiger partial charge in [-0.2, -0.15) is 9.78 Å². The van der Waals surface area contributed by atoms with Crippen LogP contribution in [0.15, 0.2) is 53.6 Å². The Morgan fingerprint density at radius 3 is 2.42 bits per heavy atom. The minimum absolute atomic E-state index is 0.169. The molecule has 2 heterocycles. The number of carbonyl (C=O) groups excluding carboxylic acids is 1. The van der Waals surface area contributed by atoms with Crippen LogP contribution in [0.25, 0.3) is 22.2 Å². The van der Waals surface area contributed by atoms with Crippen molar-refractivity contribution in [2.24, 2.45) is 5.10 Å². The fraction of sp³-hybridized carbons (Fsp3) is 0.280. The fourth-order valence-corrected chi connectivity index (χ4v) is 4.30. The van der Waals surface area contributed by atoms with E-state index < -0.39 is 0 Å². The van der Waals surface area contributed by atoms with E-state index in [1.807, 2.05) is 67.5 Å². The van der Waals surface area contributed by atoms with Crippen molar-refractivity contribution in [1.82, 2.24) is 20.0 Å².